The Hall–Kier alpha value is -3.68. The molecule has 1 heterocycles. The van der Waals surface area contributed by atoms with Crippen LogP contribution in [-0.2, 0) is 16.0 Å². The van der Waals surface area contributed by atoms with Crippen LogP contribution in [0.3, 0.4) is 0 Å². The van der Waals surface area contributed by atoms with E-state index in [1.165, 1.54) is 31.2 Å². The fourth-order valence-electron chi connectivity index (χ4n) is 2.50. The van der Waals surface area contributed by atoms with Crippen molar-refractivity contribution in [3.05, 3.63) is 71.9 Å². The van der Waals surface area contributed by atoms with Gasteiger partial charge in [-0.3, -0.25) is 20.4 Å². The normalized spacial score (nSPS) is 11.6. The number of hydrogen-bond donors (Lipinski definition) is 2. The van der Waals surface area contributed by atoms with Crippen LogP contribution in [0.4, 0.5) is 4.39 Å². The van der Waals surface area contributed by atoms with E-state index in [1.54, 1.807) is 6.92 Å². The molecule has 2 aromatic carbocycles. The summed E-state index contributed by atoms with van der Waals surface area (Å²) in [5, 5.41) is 0. The number of rotatable bonds is 6. The molecule has 3 aromatic rings. The summed E-state index contributed by atoms with van der Waals surface area (Å²) in [6.07, 6.45) is -0.949. The second-order valence-corrected chi connectivity index (χ2v) is 6.32. The van der Waals surface area contributed by atoms with E-state index in [4.69, 9.17) is 9.15 Å². The minimum atomic E-state index is -0.890. The van der Waals surface area contributed by atoms with Crippen LogP contribution in [0.15, 0.2) is 59.0 Å². The Balaban J connectivity index is 1.51. The van der Waals surface area contributed by atoms with Gasteiger partial charge in [0, 0.05) is 5.56 Å². The highest BCUT2D eigenvalue weighted by atomic mass is 19.1. The van der Waals surface area contributed by atoms with Crippen molar-refractivity contribution in [2.45, 2.75) is 26.4 Å². The van der Waals surface area contributed by atoms with Crippen molar-refractivity contribution in [2.24, 2.45) is 0 Å². The summed E-state index contributed by atoms with van der Waals surface area (Å²) in [6, 6.07) is 14.6. The van der Waals surface area contributed by atoms with Gasteiger partial charge in [-0.05, 0) is 50.2 Å². The average Bonchev–Trinajstić information content (AvgIpc) is 3.08. The zero-order chi connectivity index (χ0) is 20.8. The summed E-state index contributed by atoms with van der Waals surface area (Å²) < 4.78 is 23.9. The molecule has 0 spiro atoms. The Morgan fingerprint density at radius 1 is 1.10 bits per heavy atom. The van der Waals surface area contributed by atoms with Crippen molar-refractivity contribution in [1.82, 2.24) is 15.8 Å². The first-order valence-electron chi connectivity index (χ1n) is 8.95. The van der Waals surface area contributed by atoms with Crippen LogP contribution in [0, 0.1) is 12.7 Å². The lowest BCUT2D eigenvalue weighted by molar-refractivity contribution is -0.132. The van der Waals surface area contributed by atoms with E-state index in [1.807, 2.05) is 30.3 Å². The maximum absolute atomic E-state index is 12.9. The van der Waals surface area contributed by atoms with E-state index in [2.05, 4.69) is 15.8 Å². The minimum Gasteiger partial charge on any atom is -0.481 e. The molecule has 1 unspecified atom stereocenters. The lowest BCUT2D eigenvalue weighted by Gasteiger charge is -2.15. The second-order valence-electron chi connectivity index (χ2n) is 6.32. The topological polar surface area (TPSA) is 93.5 Å². The van der Waals surface area contributed by atoms with Crippen molar-refractivity contribution in [3.8, 4) is 17.2 Å². The molecule has 0 aliphatic carbocycles. The van der Waals surface area contributed by atoms with Crippen LogP contribution in [0.25, 0.3) is 11.5 Å². The maximum Gasteiger partial charge on any atom is 0.279 e. The monoisotopic (exact) mass is 397 g/mol. The number of aryl methyl sites for hydroxylation is 1. The second kappa shape index (κ2) is 9.01. The lowest BCUT2D eigenvalue weighted by Crippen LogP contribution is -2.47. The summed E-state index contributed by atoms with van der Waals surface area (Å²) in [6.45, 7) is 3.23. The van der Waals surface area contributed by atoms with Gasteiger partial charge in [0.15, 0.2) is 6.10 Å². The van der Waals surface area contributed by atoms with E-state index in [0.29, 0.717) is 23.1 Å². The summed E-state index contributed by atoms with van der Waals surface area (Å²) in [5.74, 6) is -0.116. The number of hydrogen-bond acceptors (Lipinski definition) is 5. The van der Waals surface area contributed by atoms with Crippen molar-refractivity contribution < 1.29 is 23.1 Å². The zero-order valence-corrected chi connectivity index (χ0v) is 15.9. The predicted molar refractivity (Wildman–Crippen MR) is 103 cm³/mol. The molecular formula is C21H20FN3O4. The number of ether oxygens (including phenoxy) is 1. The highest BCUT2D eigenvalue weighted by Gasteiger charge is 2.18. The van der Waals surface area contributed by atoms with Crippen LogP contribution < -0.4 is 15.6 Å². The van der Waals surface area contributed by atoms with Gasteiger partial charge in [0.1, 0.15) is 17.3 Å². The molecule has 3 rings (SSSR count). The number of oxazole rings is 1. The number of nitrogens with zero attached hydrogens (tertiary/aromatic N) is 1. The van der Waals surface area contributed by atoms with Crippen molar-refractivity contribution in [3.63, 3.8) is 0 Å². The third kappa shape index (κ3) is 5.41. The van der Waals surface area contributed by atoms with Gasteiger partial charge < -0.3 is 9.15 Å². The number of benzene rings is 2. The van der Waals surface area contributed by atoms with E-state index in [0.717, 1.165) is 5.56 Å². The molecule has 1 aromatic heterocycles. The quantitative estimate of drug-likeness (QED) is 0.624. The van der Waals surface area contributed by atoms with Crippen LogP contribution in [0.1, 0.15) is 18.4 Å². The Bertz CT molecular complexity index is 987. The van der Waals surface area contributed by atoms with E-state index in [-0.39, 0.29) is 6.42 Å². The van der Waals surface area contributed by atoms with Gasteiger partial charge in [0.2, 0.25) is 11.8 Å². The fraction of sp³-hybridized carbons (Fsp3) is 0.190. The standard InChI is InChI=1S/C21H20FN3O4/c1-13-18(23-21(29-13)15-6-4-3-5-7-15)12-19(26)24-25-20(27)14(2)28-17-10-8-16(22)9-11-17/h3-11,14H,12H2,1-2H3,(H,24,26)(H,25,27). The zero-order valence-electron chi connectivity index (χ0n) is 15.9. The van der Waals surface area contributed by atoms with Gasteiger partial charge in [-0.2, -0.15) is 0 Å². The number of nitrogens with one attached hydrogen (secondary N) is 2. The highest BCUT2D eigenvalue weighted by Crippen LogP contribution is 2.21. The summed E-state index contributed by atoms with van der Waals surface area (Å²) >= 11 is 0. The molecule has 2 amide bonds. The number of carbonyl (C=O) groups excluding carboxylic acids is 2. The largest absolute Gasteiger partial charge is 0.481 e. The molecule has 1 atom stereocenters. The predicted octanol–water partition coefficient (Wildman–Crippen LogP) is 2.95. The number of carbonyl (C=O) groups is 2. The lowest BCUT2D eigenvalue weighted by atomic mass is 10.2. The van der Waals surface area contributed by atoms with Crippen LogP contribution in [0.5, 0.6) is 5.75 Å². The Kier molecular flexibility index (Phi) is 6.23. The van der Waals surface area contributed by atoms with Crippen molar-refractivity contribution in [1.29, 1.82) is 0 Å². The molecule has 0 aliphatic rings. The molecule has 0 saturated heterocycles. The maximum atomic E-state index is 12.9. The minimum absolute atomic E-state index is 0.0599. The smallest absolute Gasteiger partial charge is 0.279 e. The van der Waals surface area contributed by atoms with Gasteiger partial charge in [-0.25, -0.2) is 9.37 Å². The summed E-state index contributed by atoms with van der Waals surface area (Å²) in [7, 11) is 0. The Labute approximate surface area is 166 Å². The molecular weight excluding hydrogens is 377 g/mol. The molecule has 0 bridgehead atoms. The third-order valence-corrected chi connectivity index (χ3v) is 4.06. The highest BCUT2D eigenvalue weighted by molar-refractivity contribution is 5.85. The molecule has 0 radical (unpaired) electrons. The Morgan fingerprint density at radius 2 is 1.79 bits per heavy atom. The van der Waals surface area contributed by atoms with Gasteiger partial charge in [-0.15, -0.1) is 0 Å². The first-order chi connectivity index (χ1) is 13.9. The number of amides is 2. The summed E-state index contributed by atoms with van der Waals surface area (Å²) in [5.41, 5.74) is 5.90. The van der Waals surface area contributed by atoms with Gasteiger partial charge in [-0.1, -0.05) is 18.2 Å². The number of hydrazine groups is 1. The SMILES string of the molecule is Cc1oc(-c2ccccc2)nc1CC(=O)NNC(=O)C(C)Oc1ccc(F)cc1. The molecule has 0 saturated carbocycles. The Morgan fingerprint density at radius 3 is 2.48 bits per heavy atom. The first-order valence-corrected chi connectivity index (χ1v) is 8.95. The molecule has 0 fully saturated rings. The molecule has 150 valence electrons. The third-order valence-electron chi connectivity index (χ3n) is 4.06. The van der Waals surface area contributed by atoms with Crippen molar-refractivity contribution >= 4 is 11.8 Å². The van der Waals surface area contributed by atoms with E-state index >= 15 is 0 Å². The van der Waals surface area contributed by atoms with Gasteiger partial charge in [0.25, 0.3) is 5.91 Å². The average molecular weight is 397 g/mol. The van der Waals surface area contributed by atoms with Gasteiger partial charge in [0.05, 0.1) is 12.1 Å². The molecule has 2 N–H and O–H groups in total. The van der Waals surface area contributed by atoms with Crippen LogP contribution in [0.2, 0.25) is 0 Å². The summed E-state index contributed by atoms with van der Waals surface area (Å²) in [4.78, 5) is 28.6. The van der Waals surface area contributed by atoms with Gasteiger partial charge >= 0.3 is 0 Å². The van der Waals surface area contributed by atoms with Crippen LogP contribution >= 0.6 is 0 Å². The number of aromatic nitrogens is 1. The number of halogens is 1. The first kappa shape index (κ1) is 20.1. The molecule has 8 heteroatoms. The van der Waals surface area contributed by atoms with Crippen LogP contribution in [-0.4, -0.2) is 22.9 Å². The molecule has 0 aliphatic heterocycles. The van der Waals surface area contributed by atoms with Crippen molar-refractivity contribution in [2.75, 3.05) is 0 Å². The molecule has 7 nitrogen and oxygen atoms in total. The van der Waals surface area contributed by atoms with E-state index < -0.39 is 23.7 Å². The fourth-order valence-corrected chi connectivity index (χ4v) is 2.50. The van der Waals surface area contributed by atoms with E-state index in [9.17, 15) is 14.0 Å². The molecule has 29 heavy (non-hydrogen) atoms.